The number of rotatable bonds is 13. The van der Waals surface area contributed by atoms with Gasteiger partial charge in [-0.15, -0.1) is 0 Å². The molecule has 0 atom stereocenters. The minimum Gasteiger partial charge on any atom is -0.481 e. The van der Waals surface area contributed by atoms with Gasteiger partial charge in [0.05, 0.1) is 0 Å². The maximum absolute atomic E-state index is 10.3. The topological polar surface area (TPSA) is 37.3 Å². The van der Waals surface area contributed by atoms with Gasteiger partial charge < -0.3 is 5.11 Å². The maximum atomic E-state index is 10.3. The summed E-state index contributed by atoms with van der Waals surface area (Å²) in [5, 5.41) is 8.48. The average molecular weight is 438 g/mol. The number of hydrogen-bond donors (Lipinski definition) is 1. The zero-order valence-electron chi connectivity index (χ0n) is 12.4. The number of hydrogen-bond acceptors (Lipinski definition) is 1. The van der Waals surface area contributed by atoms with Gasteiger partial charge in [0.25, 0.3) is 0 Å². The quantitative estimate of drug-likeness (QED) is 0.312. The van der Waals surface area contributed by atoms with Crippen LogP contribution in [-0.4, -0.2) is 11.1 Å². The molecule has 3 heteroatoms. The van der Waals surface area contributed by atoms with Crippen molar-refractivity contribution in [3.05, 3.63) is 12.2 Å². The second-order valence-corrected chi connectivity index (χ2v) is 5.02. The van der Waals surface area contributed by atoms with E-state index in [1.165, 1.54) is 57.8 Å². The van der Waals surface area contributed by atoms with Crippen LogP contribution in [-0.2, 0) is 25.9 Å². The molecular formula is C16H30O2W. The first-order valence-corrected chi connectivity index (χ1v) is 7.64. The maximum Gasteiger partial charge on any atom is 0.303 e. The van der Waals surface area contributed by atoms with Crippen LogP contribution in [0.5, 0.6) is 0 Å². The molecule has 0 aliphatic carbocycles. The van der Waals surface area contributed by atoms with E-state index in [4.69, 9.17) is 5.11 Å². The molecule has 0 aliphatic rings. The van der Waals surface area contributed by atoms with Crippen molar-refractivity contribution in [3.63, 3.8) is 0 Å². The second kappa shape index (κ2) is 17.9. The zero-order valence-corrected chi connectivity index (χ0v) is 15.3. The van der Waals surface area contributed by atoms with E-state index in [2.05, 4.69) is 19.1 Å². The van der Waals surface area contributed by atoms with Crippen molar-refractivity contribution >= 4 is 5.97 Å². The van der Waals surface area contributed by atoms with Gasteiger partial charge in [-0.3, -0.25) is 4.79 Å². The van der Waals surface area contributed by atoms with Gasteiger partial charge in [0.2, 0.25) is 0 Å². The monoisotopic (exact) mass is 438 g/mol. The number of carboxylic acids is 1. The van der Waals surface area contributed by atoms with Crippen molar-refractivity contribution in [2.75, 3.05) is 0 Å². The summed E-state index contributed by atoms with van der Waals surface area (Å²) in [6, 6.07) is 0. The summed E-state index contributed by atoms with van der Waals surface area (Å²) in [7, 11) is 0. The molecule has 0 heterocycles. The molecule has 0 radical (unpaired) electrons. The molecule has 0 spiro atoms. The number of carboxylic acid groups (broad SMARTS) is 1. The minimum absolute atomic E-state index is 0. The minimum atomic E-state index is -0.666. The van der Waals surface area contributed by atoms with E-state index in [-0.39, 0.29) is 21.1 Å². The van der Waals surface area contributed by atoms with Crippen LogP contribution in [0.4, 0.5) is 0 Å². The number of aliphatic carboxylic acids is 1. The third-order valence-electron chi connectivity index (χ3n) is 3.15. The zero-order chi connectivity index (χ0) is 13.5. The molecule has 0 aromatic heterocycles. The molecule has 0 aromatic carbocycles. The Bertz CT molecular complexity index is 215. The molecule has 1 N–H and O–H groups in total. The molecule has 0 aliphatic heterocycles. The summed E-state index contributed by atoms with van der Waals surface area (Å²) in [6.45, 7) is 2.24. The van der Waals surface area contributed by atoms with Crippen LogP contribution >= 0.6 is 0 Å². The Hall–Kier alpha value is -0.102. The van der Waals surface area contributed by atoms with Gasteiger partial charge in [0.1, 0.15) is 0 Å². The number of unbranched alkanes of at least 4 members (excludes halogenated alkanes) is 9. The fourth-order valence-electron chi connectivity index (χ4n) is 1.99. The summed E-state index contributed by atoms with van der Waals surface area (Å²) in [5.41, 5.74) is 0. The molecule has 0 aromatic rings. The Balaban J connectivity index is 0. The smallest absolute Gasteiger partial charge is 0.303 e. The van der Waals surface area contributed by atoms with Crippen LogP contribution in [0.1, 0.15) is 84.0 Å². The fraction of sp³-hybridized carbons (Fsp3) is 0.812. The van der Waals surface area contributed by atoms with Crippen LogP contribution in [0.15, 0.2) is 12.2 Å². The van der Waals surface area contributed by atoms with Gasteiger partial charge in [0.15, 0.2) is 0 Å². The van der Waals surface area contributed by atoms with Crippen LogP contribution in [0.25, 0.3) is 0 Å². The summed E-state index contributed by atoms with van der Waals surface area (Å²) < 4.78 is 0. The fourth-order valence-corrected chi connectivity index (χ4v) is 1.99. The van der Waals surface area contributed by atoms with Crippen LogP contribution < -0.4 is 0 Å². The number of allylic oxidation sites excluding steroid dienone is 2. The molecule has 0 saturated carbocycles. The Labute approximate surface area is 133 Å². The second-order valence-electron chi connectivity index (χ2n) is 5.02. The summed E-state index contributed by atoms with van der Waals surface area (Å²) >= 11 is 0. The van der Waals surface area contributed by atoms with Gasteiger partial charge in [0, 0.05) is 27.5 Å². The van der Waals surface area contributed by atoms with Gasteiger partial charge >= 0.3 is 5.97 Å². The molecule has 0 unspecified atom stereocenters. The van der Waals surface area contributed by atoms with E-state index in [0.717, 1.165) is 12.8 Å². The molecule has 0 amide bonds. The van der Waals surface area contributed by atoms with Gasteiger partial charge in [-0.2, -0.15) is 0 Å². The first-order valence-electron chi connectivity index (χ1n) is 7.64. The van der Waals surface area contributed by atoms with E-state index < -0.39 is 5.97 Å². The normalized spacial score (nSPS) is 10.6. The van der Waals surface area contributed by atoms with Gasteiger partial charge in [-0.25, -0.2) is 0 Å². The first kappa shape index (κ1) is 21.2. The van der Waals surface area contributed by atoms with E-state index in [1.54, 1.807) is 0 Å². The van der Waals surface area contributed by atoms with Crippen molar-refractivity contribution in [1.82, 2.24) is 0 Å². The molecular weight excluding hydrogens is 408 g/mol. The average Bonchev–Trinajstić information content (AvgIpc) is 2.34. The van der Waals surface area contributed by atoms with Crippen LogP contribution in [0.3, 0.4) is 0 Å². The van der Waals surface area contributed by atoms with Crippen LogP contribution in [0, 0.1) is 0 Å². The van der Waals surface area contributed by atoms with Gasteiger partial charge in [-0.05, 0) is 32.1 Å². The molecule has 0 saturated heterocycles. The van der Waals surface area contributed by atoms with Crippen molar-refractivity contribution in [1.29, 1.82) is 0 Å². The molecule has 0 rings (SSSR count). The summed E-state index contributed by atoms with van der Waals surface area (Å²) in [4.78, 5) is 10.3. The molecule has 0 bridgehead atoms. The Kier molecular flexibility index (Phi) is 20.0. The number of carbonyl (C=O) groups is 1. The van der Waals surface area contributed by atoms with Crippen molar-refractivity contribution in [2.24, 2.45) is 0 Å². The third kappa shape index (κ3) is 20.4. The SMILES string of the molecule is CCCCCC/C=C\CCCCCCCC(=O)O.[W]. The van der Waals surface area contributed by atoms with Gasteiger partial charge in [-0.1, -0.05) is 57.6 Å². The van der Waals surface area contributed by atoms with Crippen molar-refractivity contribution in [3.8, 4) is 0 Å². The predicted molar refractivity (Wildman–Crippen MR) is 77.9 cm³/mol. The van der Waals surface area contributed by atoms with E-state index in [0.29, 0.717) is 6.42 Å². The van der Waals surface area contributed by atoms with E-state index in [9.17, 15) is 4.79 Å². The Morgan fingerprint density at radius 1 is 0.842 bits per heavy atom. The predicted octanol–water partition coefficient (Wildman–Crippen LogP) is 5.33. The van der Waals surface area contributed by atoms with E-state index >= 15 is 0 Å². The molecule has 0 fully saturated rings. The summed E-state index contributed by atoms with van der Waals surface area (Å²) in [6.07, 6.45) is 18.3. The van der Waals surface area contributed by atoms with Crippen molar-refractivity contribution < 1.29 is 31.0 Å². The summed E-state index contributed by atoms with van der Waals surface area (Å²) in [5.74, 6) is -0.666. The Morgan fingerprint density at radius 3 is 1.84 bits per heavy atom. The molecule has 2 nitrogen and oxygen atoms in total. The largest absolute Gasteiger partial charge is 0.481 e. The van der Waals surface area contributed by atoms with Crippen molar-refractivity contribution in [2.45, 2.75) is 84.0 Å². The van der Waals surface area contributed by atoms with E-state index in [1.807, 2.05) is 0 Å². The standard InChI is InChI=1S/C16H30O2.W/c1-2-3-4-5-6-7-8-9-10-11-12-13-14-15-16(17)18;/h7-8H,2-6,9-15H2,1H3,(H,17,18);/b8-7-;. The molecule has 19 heavy (non-hydrogen) atoms. The van der Waals surface area contributed by atoms with Crippen LogP contribution in [0.2, 0.25) is 0 Å². The third-order valence-corrected chi connectivity index (χ3v) is 3.15. The molecule has 112 valence electrons. The Morgan fingerprint density at radius 2 is 1.32 bits per heavy atom. The first-order chi connectivity index (χ1) is 8.77.